The van der Waals surface area contributed by atoms with Crippen molar-refractivity contribution in [2.75, 3.05) is 7.11 Å². The summed E-state index contributed by atoms with van der Waals surface area (Å²) in [6.07, 6.45) is 7.04. The highest BCUT2D eigenvalue weighted by Crippen LogP contribution is 2.31. The first-order chi connectivity index (χ1) is 9.85. The Morgan fingerprint density at radius 2 is 2.10 bits per heavy atom. The number of nitrogens with two attached hydrogens (primary N) is 1. The smallest absolute Gasteiger partial charge is 0.124 e. The van der Waals surface area contributed by atoms with Gasteiger partial charge in [-0.05, 0) is 6.07 Å². The minimum Gasteiger partial charge on any atom is -0.496 e. The quantitative estimate of drug-likeness (QED) is 0.551. The SMILES string of the molecule is COc1ccccc1C(NN)c1cnn2ccncc12. The van der Waals surface area contributed by atoms with Crippen LogP contribution in [0, 0.1) is 0 Å². The second-order valence-electron chi connectivity index (χ2n) is 4.35. The molecule has 0 aliphatic rings. The molecule has 0 saturated carbocycles. The highest BCUT2D eigenvalue weighted by atomic mass is 16.5. The number of para-hydroxylation sites is 1. The standard InChI is InChI=1S/C14H15N5O/c1-20-13-5-3-2-4-10(13)14(18-15)11-8-17-19-7-6-16-9-12(11)19/h2-9,14,18H,15H2,1H3. The average molecular weight is 269 g/mol. The number of aromatic nitrogens is 3. The number of benzene rings is 1. The second-order valence-corrected chi connectivity index (χ2v) is 4.35. The van der Waals surface area contributed by atoms with Crippen LogP contribution in [-0.4, -0.2) is 21.7 Å². The van der Waals surface area contributed by atoms with Crippen LogP contribution in [0.3, 0.4) is 0 Å². The van der Waals surface area contributed by atoms with Crippen LogP contribution in [0.25, 0.3) is 5.52 Å². The molecule has 3 aromatic rings. The molecule has 2 heterocycles. The zero-order chi connectivity index (χ0) is 13.9. The maximum atomic E-state index is 5.75. The van der Waals surface area contributed by atoms with E-state index >= 15 is 0 Å². The molecule has 0 saturated heterocycles. The van der Waals surface area contributed by atoms with E-state index in [2.05, 4.69) is 15.5 Å². The summed E-state index contributed by atoms with van der Waals surface area (Å²) in [6.45, 7) is 0. The number of nitrogens with zero attached hydrogens (tertiary/aromatic N) is 3. The lowest BCUT2D eigenvalue weighted by molar-refractivity contribution is 0.404. The van der Waals surface area contributed by atoms with E-state index in [1.54, 1.807) is 36.4 Å². The average Bonchev–Trinajstić information content (AvgIpc) is 2.93. The van der Waals surface area contributed by atoms with E-state index in [1.165, 1.54) is 0 Å². The van der Waals surface area contributed by atoms with E-state index < -0.39 is 0 Å². The van der Waals surface area contributed by atoms with Gasteiger partial charge >= 0.3 is 0 Å². The number of hydrogen-bond acceptors (Lipinski definition) is 5. The van der Waals surface area contributed by atoms with Crippen molar-refractivity contribution in [2.45, 2.75) is 6.04 Å². The fourth-order valence-electron chi connectivity index (χ4n) is 2.33. The van der Waals surface area contributed by atoms with Gasteiger partial charge < -0.3 is 4.74 Å². The third kappa shape index (κ3) is 2.01. The Hall–Kier alpha value is -2.44. The Morgan fingerprint density at radius 3 is 2.90 bits per heavy atom. The zero-order valence-corrected chi connectivity index (χ0v) is 11.0. The monoisotopic (exact) mass is 269 g/mol. The van der Waals surface area contributed by atoms with Crippen molar-refractivity contribution in [3.63, 3.8) is 0 Å². The van der Waals surface area contributed by atoms with E-state index in [4.69, 9.17) is 10.6 Å². The molecule has 0 radical (unpaired) electrons. The molecule has 6 heteroatoms. The zero-order valence-electron chi connectivity index (χ0n) is 11.0. The van der Waals surface area contributed by atoms with Crippen molar-refractivity contribution in [2.24, 2.45) is 5.84 Å². The van der Waals surface area contributed by atoms with Gasteiger partial charge in [-0.15, -0.1) is 0 Å². The Balaban J connectivity index is 2.14. The van der Waals surface area contributed by atoms with Crippen molar-refractivity contribution in [1.82, 2.24) is 20.0 Å². The Bertz CT molecular complexity index is 724. The normalized spacial score (nSPS) is 12.5. The molecule has 6 nitrogen and oxygen atoms in total. The van der Waals surface area contributed by atoms with Crippen LogP contribution in [0.5, 0.6) is 5.75 Å². The number of methoxy groups -OCH3 is 1. The maximum Gasteiger partial charge on any atom is 0.124 e. The molecule has 1 atom stereocenters. The molecule has 3 N–H and O–H groups in total. The van der Waals surface area contributed by atoms with Crippen LogP contribution >= 0.6 is 0 Å². The summed E-state index contributed by atoms with van der Waals surface area (Å²) in [6, 6.07) is 7.54. The van der Waals surface area contributed by atoms with Crippen LogP contribution in [0.1, 0.15) is 17.2 Å². The molecule has 0 fully saturated rings. The molecule has 2 aromatic heterocycles. The minimum atomic E-state index is -0.215. The predicted octanol–water partition coefficient (Wildman–Crippen LogP) is 1.29. The van der Waals surface area contributed by atoms with Crippen LogP contribution in [0.2, 0.25) is 0 Å². The molecule has 0 amide bonds. The van der Waals surface area contributed by atoms with Crippen LogP contribution < -0.4 is 16.0 Å². The molecule has 3 rings (SSSR count). The highest BCUT2D eigenvalue weighted by molar-refractivity contribution is 5.57. The fraction of sp³-hybridized carbons (Fsp3) is 0.143. The van der Waals surface area contributed by atoms with Crippen molar-refractivity contribution >= 4 is 5.52 Å². The number of ether oxygens (including phenoxy) is 1. The fourth-order valence-corrected chi connectivity index (χ4v) is 2.33. The van der Waals surface area contributed by atoms with Crippen LogP contribution in [0.15, 0.2) is 49.1 Å². The summed E-state index contributed by atoms with van der Waals surface area (Å²) in [4.78, 5) is 4.14. The first-order valence-electron chi connectivity index (χ1n) is 6.21. The topological polar surface area (TPSA) is 77.5 Å². The minimum absolute atomic E-state index is 0.215. The summed E-state index contributed by atoms with van der Waals surface area (Å²) < 4.78 is 7.17. The predicted molar refractivity (Wildman–Crippen MR) is 75.1 cm³/mol. The van der Waals surface area contributed by atoms with Crippen molar-refractivity contribution in [1.29, 1.82) is 0 Å². The van der Waals surface area contributed by atoms with Gasteiger partial charge in [0.25, 0.3) is 0 Å². The van der Waals surface area contributed by atoms with Gasteiger partial charge in [0.05, 0.1) is 31.1 Å². The first kappa shape index (κ1) is 12.6. The molecular weight excluding hydrogens is 254 g/mol. The van der Waals surface area contributed by atoms with Gasteiger partial charge in [-0.2, -0.15) is 5.10 Å². The molecule has 0 aliphatic heterocycles. The van der Waals surface area contributed by atoms with Gasteiger partial charge in [-0.25, -0.2) is 9.94 Å². The van der Waals surface area contributed by atoms with E-state index in [-0.39, 0.29) is 6.04 Å². The summed E-state index contributed by atoms with van der Waals surface area (Å²) in [5, 5.41) is 4.31. The van der Waals surface area contributed by atoms with Crippen LogP contribution in [-0.2, 0) is 0 Å². The molecule has 0 spiro atoms. The largest absolute Gasteiger partial charge is 0.496 e. The number of fused-ring (bicyclic) bond motifs is 1. The van der Waals surface area contributed by atoms with Crippen LogP contribution in [0.4, 0.5) is 0 Å². The third-order valence-corrected chi connectivity index (χ3v) is 3.28. The van der Waals surface area contributed by atoms with Gasteiger partial charge in [-0.3, -0.25) is 10.8 Å². The van der Waals surface area contributed by atoms with Gasteiger partial charge in [-0.1, -0.05) is 18.2 Å². The Morgan fingerprint density at radius 1 is 1.25 bits per heavy atom. The summed E-state index contributed by atoms with van der Waals surface area (Å²) in [7, 11) is 1.64. The lowest BCUT2D eigenvalue weighted by atomic mass is 10.00. The maximum absolute atomic E-state index is 5.75. The molecule has 1 unspecified atom stereocenters. The third-order valence-electron chi connectivity index (χ3n) is 3.28. The Labute approximate surface area is 116 Å². The second kappa shape index (κ2) is 5.28. The molecule has 102 valence electrons. The highest BCUT2D eigenvalue weighted by Gasteiger charge is 2.20. The van der Waals surface area contributed by atoms with Gasteiger partial charge in [0.2, 0.25) is 0 Å². The van der Waals surface area contributed by atoms with E-state index in [0.717, 1.165) is 22.4 Å². The molecule has 0 bridgehead atoms. The van der Waals surface area contributed by atoms with E-state index in [0.29, 0.717) is 0 Å². The Kier molecular flexibility index (Phi) is 3.32. The summed E-state index contributed by atoms with van der Waals surface area (Å²) in [5.41, 5.74) is 5.63. The van der Waals surface area contributed by atoms with Crippen molar-refractivity contribution in [3.8, 4) is 5.75 Å². The van der Waals surface area contributed by atoms with Gasteiger partial charge in [0, 0.05) is 23.5 Å². The lowest BCUT2D eigenvalue weighted by Gasteiger charge is -2.18. The molecule has 20 heavy (non-hydrogen) atoms. The summed E-state index contributed by atoms with van der Waals surface area (Å²) >= 11 is 0. The van der Waals surface area contributed by atoms with Crippen molar-refractivity contribution in [3.05, 3.63) is 60.2 Å². The number of rotatable bonds is 4. The van der Waals surface area contributed by atoms with Gasteiger partial charge in [0.15, 0.2) is 0 Å². The number of nitrogens with one attached hydrogen (secondary N) is 1. The van der Waals surface area contributed by atoms with Crippen molar-refractivity contribution < 1.29 is 4.74 Å². The van der Waals surface area contributed by atoms with E-state index in [1.807, 2.05) is 24.3 Å². The molecule has 0 aliphatic carbocycles. The molecular formula is C14H15N5O. The van der Waals surface area contributed by atoms with Gasteiger partial charge in [0.1, 0.15) is 5.75 Å². The number of hydrazine groups is 1. The van der Waals surface area contributed by atoms with E-state index in [9.17, 15) is 0 Å². The molecule has 1 aromatic carbocycles. The summed E-state index contributed by atoms with van der Waals surface area (Å²) in [5.74, 6) is 6.52. The lowest BCUT2D eigenvalue weighted by Crippen LogP contribution is -2.29. The number of hydrogen-bond donors (Lipinski definition) is 2. The first-order valence-corrected chi connectivity index (χ1v) is 6.21.